The largest absolute Gasteiger partial charge is 0.334 e. The van der Waals surface area contributed by atoms with Crippen molar-refractivity contribution in [2.75, 3.05) is 0 Å². The van der Waals surface area contributed by atoms with Crippen LogP contribution in [0.25, 0.3) is 0 Å². The van der Waals surface area contributed by atoms with Crippen molar-refractivity contribution in [2.45, 2.75) is 59.5 Å². The standard InChI is InChI=1S/C15H26N4.2ClH/c1-6-14(19-10-9-17-12-19)7-8-16-11-18-13(2)15(3,4)5;;/h8-14H,6-7H2,1-5H3;2*1H. The van der Waals surface area contributed by atoms with Crippen molar-refractivity contribution >= 4 is 37.4 Å². The van der Waals surface area contributed by atoms with E-state index in [2.05, 4.69) is 54.2 Å². The van der Waals surface area contributed by atoms with Gasteiger partial charge in [0.15, 0.2) is 0 Å². The fourth-order valence-corrected chi connectivity index (χ4v) is 1.58. The van der Waals surface area contributed by atoms with Crippen molar-refractivity contribution in [1.29, 1.82) is 0 Å². The van der Waals surface area contributed by atoms with Gasteiger partial charge >= 0.3 is 0 Å². The lowest BCUT2D eigenvalue weighted by Crippen LogP contribution is -2.20. The van der Waals surface area contributed by atoms with Gasteiger partial charge in [-0.1, -0.05) is 27.7 Å². The van der Waals surface area contributed by atoms with Gasteiger partial charge in [-0.2, -0.15) is 0 Å². The number of hydrogen-bond acceptors (Lipinski definition) is 2. The fraction of sp³-hybridized carbons (Fsp3) is 0.667. The molecule has 2 unspecified atom stereocenters. The van der Waals surface area contributed by atoms with Crippen LogP contribution in [0.4, 0.5) is 0 Å². The van der Waals surface area contributed by atoms with E-state index in [4.69, 9.17) is 0 Å². The summed E-state index contributed by atoms with van der Waals surface area (Å²) in [7, 11) is 0. The van der Waals surface area contributed by atoms with Gasteiger partial charge in [0, 0.05) is 31.1 Å². The number of nitrogens with zero attached hydrogens (tertiary/aromatic N) is 4. The van der Waals surface area contributed by atoms with E-state index in [1.54, 1.807) is 6.34 Å². The van der Waals surface area contributed by atoms with Crippen molar-refractivity contribution in [1.82, 2.24) is 9.55 Å². The smallest absolute Gasteiger partial charge is 0.109 e. The third kappa shape index (κ3) is 8.22. The number of rotatable bonds is 6. The molecule has 0 aromatic carbocycles. The predicted octanol–water partition coefficient (Wildman–Crippen LogP) is 4.60. The summed E-state index contributed by atoms with van der Waals surface area (Å²) in [4.78, 5) is 12.8. The quantitative estimate of drug-likeness (QED) is 0.553. The van der Waals surface area contributed by atoms with Crippen molar-refractivity contribution in [3.63, 3.8) is 0 Å². The molecular formula is C15H28Cl2N4. The van der Waals surface area contributed by atoms with Gasteiger partial charge in [0.05, 0.1) is 12.4 Å². The van der Waals surface area contributed by atoms with Gasteiger partial charge in [-0.3, -0.25) is 4.99 Å². The maximum atomic E-state index is 4.44. The molecule has 0 aliphatic heterocycles. The normalized spacial score (nSPS) is 14.7. The molecule has 0 spiro atoms. The van der Waals surface area contributed by atoms with Crippen LogP contribution < -0.4 is 0 Å². The summed E-state index contributed by atoms with van der Waals surface area (Å²) in [5.74, 6) is 0. The van der Waals surface area contributed by atoms with Crippen molar-refractivity contribution < 1.29 is 0 Å². The maximum Gasteiger partial charge on any atom is 0.109 e. The van der Waals surface area contributed by atoms with Crippen LogP contribution in [0.2, 0.25) is 0 Å². The lowest BCUT2D eigenvalue weighted by atomic mass is 9.89. The molecule has 0 radical (unpaired) electrons. The van der Waals surface area contributed by atoms with E-state index in [0.29, 0.717) is 6.04 Å². The number of hydrogen-bond donors (Lipinski definition) is 0. The summed E-state index contributed by atoms with van der Waals surface area (Å²) in [5.41, 5.74) is 0.189. The van der Waals surface area contributed by atoms with Crippen molar-refractivity contribution in [3.05, 3.63) is 18.7 Å². The molecule has 0 aliphatic carbocycles. The Bertz CT molecular complexity index is 408. The Labute approximate surface area is 141 Å². The molecule has 122 valence electrons. The molecule has 0 aliphatic rings. The van der Waals surface area contributed by atoms with Crippen molar-refractivity contribution in [2.24, 2.45) is 15.4 Å². The average Bonchev–Trinajstić information content (AvgIpc) is 2.85. The van der Waals surface area contributed by atoms with E-state index < -0.39 is 0 Å². The monoisotopic (exact) mass is 334 g/mol. The van der Waals surface area contributed by atoms with E-state index in [1.165, 1.54) is 0 Å². The molecule has 0 saturated heterocycles. The molecule has 6 heteroatoms. The zero-order valence-corrected chi connectivity index (χ0v) is 15.2. The fourth-order valence-electron chi connectivity index (χ4n) is 1.58. The van der Waals surface area contributed by atoms with Gasteiger partial charge in [-0.05, 0) is 18.8 Å². The second-order valence-electron chi connectivity index (χ2n) is 5.95. The number of aromatic nitrogens is 2. The third-order valence-corrected chi connectivity index (χ3v) is 3.51. The minimum atomic E-state index is 0. The molecule has 1 aromatic heterocycles. The number of halogens is 2. The summed E-state index contributed by atoms with van der Waals surface area (Å²) >= 11 is 0. The Morgan fingerprint density at radius 3 is 2.43 bits per heavy atom. The van der Waals surface area contributed by atoms with Crippen LogP contribution in [0.1, 0.15) is 53.5 Å². The Morgan fingerprint density at radius 2 is 1.95 bits per heavy atom. The maximum absolute atomic E-state index is 4.44. The SMILES string of the molecule is CCC(CC=NC=NC(C)C(C)(C)C)n1ccnc1.Cl.Cl. The topological polar surface area (TPSA) is 42.5 Å². The molecule has 4 nitrogen and oxygen atoms in total. The van der Waals surface area contributed by atoms with Crippen LogP contribution in [0.3, 0.4) is 0 Å². The third-order valence-electron chi connectivity index (χ3n) is 3.51. The molecular weight excluding hydrogens is 307 g/mol. The summed E-state index contributed by atoms with van der Waals surface area (Å²) in [5, 5.41) is 0. The molecule has 1 heterocycles. The first-order chi connectivity index (χ1) is 8.95. The first-order valence-electron chi connectivity index (χ1n) is 6.96. The van der Waals surface area contributed by atoms with Gasteiger partial charge in [-0.25, -0.2) is 9.98 Å². The van der Waals surface area contributed by atoms with Crippen LogP contribution in [-0.4, -0.2) is 28.1 Å². The van der Waals surface area contributed by atoms with Crippen LogP contribution in [0.5, 0.6) is 0 Å². The zero-order chi connectivity index (χ0) is 14.3. The first-order valence-corrected chi connectivity index (χ1v) is 6.96. The Balaban J connectivity index is 0. The molecule has 0 bridgehead atoms. The van der Waals surface area contributed by atoms with Crippen molar-refractivity contribution in [3.8, 4) is 0 Å². The van der Waals surface area contributed by atoms with Gasteiger partial charge < -0.3 is 4.57 Å². The van der Waals surface area contributed by atoms with E-state index in [1.807, 2.05) is 24.9 Å². The van der Waals surface area contributed by atoms with E-state index in [0.717, 1.165) is 12.8 Å². The summed E-state index contributed by atoms with van der Waals surface area (Å²) in [6, 6.07) is 0.708. The van der Waals surface area contributed by atoms with Gasteiger partial charge in [-0.15, -0.1) is 24.8 Å². The van der Waals surface area contributed by atoms with Gasteiger partial charge in [0.1, 0.15) is 6.34 Å². The molecule has 0 N–H and O–H groups in total. The van der Waals surface area contributed by atoms with Gasteiger partial charge in [0.25, 0.3) is 0 Å². The Hall–Kier alpha value is -0.870. The average molecular weight is 335 g/mol. The second kappa shape index (κ2) is 10.8. The van der Waals surface area contributed by atoms with Crippen LogP contribution in [0.15, 0.2) is 28.7 Å². The Kier molecular flexibility index (Phi) is 11.5. The highest BCUT2D eigenvalue weighted by atomic mass is 35.5. The van der Waals surface area contributed by atoms with Gasteiger partial charge in [0.2, 0.25) is 0 Å². The zero-order valence-electron chi connectivity index (χ0n) is 13.6. The molecule has 0 fully saturated rings. The molecule has 21 heavy (non-hydrogen) atoms. The summed E-state index contributed by atoms with van der Waals surface area (Å²) in [6.07, 6.45) is 11.3. The molecule has 2 atom stereocenters. The summed E-state index contributed by atoms with van der Waals surface area (Å²) < 4.78 is 2.13. The number of aliphatic imine (C=N–C) groups is 2. The van der Waals surface area contributed by atoms with Crippen LogP contribution in [0, 0.1) is 5.41 Å². The van der Waals surface area contributed by atoms with E-state index in [9.17, 15) is 0 Å². The second-order valence-corrected chi connectivity index (χ2v) is 5.95. The molecule has 1 rings (SSSR count). The van der Waals surface area contributed by atoms with Crippen LogP contribution >= 0.6 is 24.8 Å². The molecule has 0 amide bonds. The van der Waals surface area contributed by atoms with Crippen LogP contribution in [-0.2, 0) is 0 Å². The summed E-state index contributed by atoms with van der Waals surface area (Å²) in [6.45, 7) is 10.8. The highest BCUT2D eigenvalue weighted by Crippen LogP contribution is 2.21. The minimum absolute atomic E-state index is 0. The molecule has 1 aromatic rings. The molecule has 0 saturated carbocycles. The predicted molar refractivity (Wildman–Crippen MR) is 96.6 cm³/mol. The lowest BCUT2D eigenvalue weighted by Gasteiger charge is -2.22. The number of imidazole rings is 1. The highest BCUT2D eigenvalue weighted by molar-refractivity contribution is 5.85. The highest BCUT2D eigenvalue weighted by Gasteiger charge is 2.17. The van der Waals surface area contributed by atoms with E-state index in [-0.39, 0.29) is 36.3 Å². The Morgan fingerprint density at radius 1 is 1.29 bits per heavy atom. The lowest BCUT2D eigenvalue weighted by molar-refractivity contribution is 0.342. The van der Waals surface area contributed by atoms with E-state index >= 15 is 0 Å². The first kappa shape index (κ1) is 22.4. The minimum Gasteiger partial charge on any atom is -0.334 e.